The minimum atomic E-state index is -1.03. The van der Waals surface area contributed by atoms with Crippen LogP contribution in [0.25, 0.3) is 0 Å². The van der Waals surface area contributed by atoms with E-state index in [-0.39, 0.29) is 24.3 Å². The molecule has 3 aliphatic rings. The van der Waals surface area contributed by atoms with E-state index in [4.69, 9.17) is 0 Å². The van der Waals surface area contributed by atoms with Crippen molar-refractivity contribution in [3.8, 4) is 0 Å². The highest BCUT2D eigenvalue weighted by atomic mass is 16.4. The van der Waals surface area contributed by atoms with Gasteiger partial charge in [0.05, 0.1) is 6.54 Å². The van der Waals surface area contributed by atoms with Gasteiger partial charge < -0.3 is 20.6 Å². The number of aliphatic imine (C=N–C) groups is 1. The van der Waals surface area contributed by atoms with Crippen molar-refractivity contribution < 1.29 is 24.3 Å². The third kappa shape index (κ3) is 5.71. The van der Waals surface area contributed by atoms with Gasteiger partial charge in [-0.2, -0.15) is 0 Å². The first-order chi connectivity index (χ1) is 14.9. The van der Waals surface area contributed by atoms with E-state index >= 15 is 0 Å². The van der Waals surface area contributed by atoms with Crippen LogP contribution in [-0.2, 0) is 19.2 Å². The van der Waals surface area contributed by atoms with E-state index in [1.165, 1.54) is 4.90 Å². The molecule has 3 atom stereocenters. The van der Waals surface area contributed by atoms with Gasteiger partial charge >= 0.3 is 5.97 Å². The summed E-state index contributed by atoms with van der Waals surface area (Å²) in [4.78, 5) is 55.2. The molecule has 0 bridgehead atoms. The van der Waals surface area contributed by atoms with Crippen molar-refractivity contribution in [3.05, 3.63) is 12.3 Å². The molecule has 0 aromatic heterocycles. The Kier molecular flexibility index (Phi) is 7.81. The Labute approximate surface area is 182 Å². The standard InChI is InChI=1S/C22H32N4O5/c1-14-7-5-11-23-18(14)21(29)25-19(15-8-3-2-4-9-15)20(28)24-13-17(27)26-12-6-10-16(26)22(30)31/h5,11,14-16,19H,2-4,6-10,12-13H2,1H3,(H,24,28)(H,25,29)(H,30,31)/t14?,16-,19-/m0/s1. The van der Waals surface area contributed by atoms with Gasteiger partial charge in [-0.15, -0.1) is 0 Å². The van der Waals surface area contributed by atoms with E-state index in [1.54, 1.807) is 6.20 Å². The fourth-order valence-electron chi connectivity index (χ4n) is 4.70. The molecular weight excluding hydrogens is 400 g/mol. The Balaban J connectivity index is 1.64. The van der Waals surface area contributed by atoms with E-state index < -0.39 is 29.9 Å². The third-order valence-electron chi connectivity index (χ3n) is 6.47. The molecule has 31 heavy (non-hydrogen) atoms. The van der Waals surface area contributed by atoms with Crippen LogP contribution < -0.4 is 10.6 Å². The number of amides is 3. The maximum Gasteiger partial charge on any atom is 0.326 e. The molecule has 3 amide bonds. The van der Waals surface area contributed by atoms with Crippen LogP contribution in [0.15, 0.2) is 17.3 Å². The predicted octanol–water partition coefficient (Wildman–Crippen LogP) is 1.24. The van der Waals surface area contributed by atoms with Gasteiger partial charge in [0.2, 0.25) is 11.8 Å². The first-order valence-electron chi connectivity index (χ1n) is 11.2. The Morgan fingerprint density at radius 3 is 2.58 bits per heavy atom. The molecule has 170 valence electrons. The highest BCUT2D eigenvalue weighted by Crippen LogP contribution is 2.27. The van der Waals surface area contributed by atoms with E-state index in [2.05, 4.69) is 15.6 Å². The molecule has 1 unspecified atom stereocenters. The monoisotopic (exact) mass is 432 g/mol. The van der Waals surface area contributed by atoms with Crippen molar-refractivity contribution in [1.29, 1.82) is 0 Å². The van der Waals surface area contributed by atoms with Crippen molar-refractivity contribution in [1.82, 2.24) is 15.5 Å². The van der Waals surface area contributed by atoms with Crippen LogP contribution in [-0.4, -0.2) is 64.6 Å². The molecule has 1 saturated carbocycles. The first kappa shape index (κ1) is 23.0. The lowest BCUT2D eigenvalue weighted by Gasteiger charge is -2.31. The SMILES string of the molecule is CC1CC=CN=C1C(=O)N[C@H](C(=O)NCC(=O)N1CCC[C@H]1C(=O)O)C1CCCCC1. The molecule has 0 spiro atoms. The largest absolute Gasteiger partial charge is 0.480 e. The maximum absolute atomic E-state index is 13.0. The number of carboxylic acids is 1. The Morgan fingerprint density at radius 1 is 1.16 bits per heavy atom. The van der Waals surface area contributed by atoms with Crippen LogP contribution in [0.4, 0.5) is 0 Å². The topological polar surface area (TPSA) is 128 Å². The van der Waals surface area contributed by atoms with Gasteiger partial charge in [-0.25, -0.2) is 4.79 Å². The first-order valence-corrected chi connectivity index (χ1v) is 11.2. The van der Waals surface area contributed by atoms with Gasteiger partial charge in [0.15, 0.2) is 0 Å². The Hall–Kier alpha value is -2.71. The second kappa shape index (κ2) is 10.5. The number of likely N-dealkylation sites (tertiary alicyclic amines) is 1. The molecule has 3 N–H and O–H groups in total. The van der Waals surface area contributed by atoms with Crippen LogP contribution in [0.3, 0.4) is 0 Å². The Bertz CT molecular complexity index is 772. The summed E-state index contributed by atoms with van der Waals surface area (Å²) in [6.45, 7) is 2.02. The highest BCUT2D eigenvalue weighted by Gasteiger charge is 2.36. The zero-order valence-electron chi connectivity index (χ0n) is 18.0. The van der Waals surface area contributed by atoms with Gasteiger partial charge in [0, 0.05) is 18.7 Å². The number of hydrogen-bond acceptors (Lipinski definition) is 5. The van der Waals surface area contributed by atoms with Gasteiger partial charge in [-0.1, -0.05) is 32.3 Å². The molecule has 1 saturated heterocycles. The normalized spacial score (nSPS) is 24.9. The zero-order valence-corrected chi connectivity index (χ0v) is 18.0. The third-order valence-corrected chi connectivity index (χ3v) is 6.47. The smallest absolute Gasteiger partial charge is 0.326 e. The number of aliphatic carboxylic acids is 1. The molecule has 0 aromatic carbocycles. The molecular formula is C22H32N4O5. The molecule has 2 fully saturated rings. The number of rotatable bonds is 7. The van der Waals surface area contributed by atoms with Crippen molar-refractivity contribution in [2.24, 2.45) is 16.8 Å². The summed E-state index contributed by atoms with van der Waals surface area (Å²) in [5.74, 6) is -2.21. The minimum absolute atomic E-state index is 0.00129. The molecule has 9 nitrogen and oxygen atoms in total. The lowest BCUT2D eigenvalue weighted by molar-refractivity contribution is -0.148. The van der Waals surface area contributed by atoms with Gasteiger partial charge in [0.1, 0.15) is 17.8 Å². The second-order valence-corrected chi connectivity index (χ2v) is 8.69. The summed E-state index contributed by atoms with van der Waals surface area (Å²) in [7, 11) is 0. The fraction of sp³-hybridized carbons (Fsp3) is 0.682. The van der Waals surface area contributed by atoms with Crippen LogP contribution in [0.5, 0.6) is 0 Å². The summed E-state index contributed by atoms with van der Waals surface area (Å²) in [6, 6.07) is -1.58. The number of carbonyl (C=O) groups is 4. The van der Waals surface area contributed by atoms with Crippen LogP contribution in [0.2, 0.25) is 0 Å². The lowest BCUT2D eigenvalue weighted by Crippen LogP contribution is -2.55. The lowest BCUT2D eigenvalue weighted by atomic mass is 9.83. The second-order valence-electron chi connectivity index (χ2n) is 8.69. The van der Waals surface area contributed by atoms with E-state index in [0.717, 1.165) is 38.5 Å². The van der Waals surface area contributed by atoms with Crippen LogP contribution in [0, 0.1) is 11.8 Å². The molecule has 2 heterocycles. The Morgan fingerprint density at radius 2 is 1.90 bits per heavy atom. The van der Waals surface area contributed by atoms with Crippen molar-refractivity contribution >= 4 is 29.4 Å². The van der Waals surface area contributed by atoms with Crippen molar-refractivity contribution in [2.75, 3.05) is 13.1 Å². The quantitative estimate of drug-likeness (QED) is 0.558. The summed E-state index contributed by atoms with van der Waals surface area (Å²) < 4.78 is 0. The molecule has 2 aliphatic heterocycles. The van der Waals surface area contributed by atoms with E-state index in [9.17, 15) is 24.3 Å². The number of allylic oxidation sites excluding steroid dienone is 1. The fourth-order valence-corrected chi connectivity index (χ4v) is 4.70. The van der Waals surface area contributed by atoms with Crippen molar-refractivity contribution in [3.63, 3.8) is 0 Å². The average Bonchev–Trinajstić information content (AvgIpc) is 3.27. The predicted molar refractivity (Wildman–Crippen MR) is 114 cm³/mol. The number of hydrogen-bond donors (Lipinski definition) is 3. The average molecular weight is 433 g/mol. The number of carbonyl (C=O) groups excluding carboxylic acids is 3. The maximum atomic E-state index is 13.0. The molecule has 0 radical (unpaired) electrons. The summed E-state index contributed by atoms with van der Waals surface area (Å²) in [6.07, 6.45) is 10.1. The number of nitrogens with one attached hydrogen (secondary N) is 2. The van der Waals surface area contributed by atoms with Gasteiger partial charge in [-0.3, -0.25) is 19.4 Å². The summed E-state index contributed by atoms with van der Waals surface area (Å²) >= 11 is 0. The van der Waals surface area contributed by atoms with Crippen LogP contribution >= 0.6 is 0 Å². The molecule has 3 rings (SSSR count). The molecule has 1 aliphatic carbocycles. The van der Waals surface area contributed by atoms with Gasteiger partial charge in [-0.05, 0) is 38.0 Å². The number of carboxylic acid groups (broad SMARTS) is 1. The van der Waals surface area contributed by atoms with Crippen LogP contribution in [0.1, 0.15) is 58.3 Å². The van der Waals surface area contributed by atoms with E-state index in [0.29, 0.717) is 25.1 Å². The molecule has 9 heteroatoms. The highest BCUT2D eigenvalue weighted by molar-refractivity contribution is 6.40. The summed E-state index contributed by atoms with van der Waals surface area (Å²) in [5, 5.41) is 14.8. The van der Waals surface area contributed by atoms with E-state index in [1.807, 2.05) is 13.0 Å². The van der Waals surface area contributed by atoms with Gasteiger partial charge in [0.25, 0.3) is 5.91 Å². The summed E-state index contributed by atoms with van der Waals surface area (Å²) in [5.41, 5.74) is 0.411. The zero-order chi connectivity index (χ0) is 22.4. The number of nitrogens with zero attached hydrogens (tertiary/aromatic N) is 2. The molecule has 0 aromatic rings. The minimum Gasteiger partial charge on any atom is -0.480 e. The van der Waals surface area contributed by atoms with Crippen molar-refractivity contribution in [2.45, 2.75) is 70.4 Å².